The Morgan fingerprint density at radius 3 is 2.81 bits per heavy atom. The van der Waals surface area contributed by atoms with E-state index in [4.69, 9.17) is 0 Å². The Kier molecular flexibility index (Phi) is 7.16. The zero-order valence-electron chi connectivity index (χ0n) is 14.7. The van der Waals surface area contributed by atoms with Crippen LogP contribution >= 0.6 is 22.7 Å². The van der Waals surface area contributed by atoms with E-state index in [2.05, 4.69) is 20.5 Å². The quantitative estimate of drug-likeness (QED) is 0.677. The number of thiazole rings is 1. The van der Waals surface area contributed by atoms with Crippen LogP contribution in [0, 0.1) is 0 Å². The van der Waals surface area contributed by atoms with E-state index in [-0.39, 0.29) is 18.2 Å². The van der Waals surface area contributed by atoms with Gasteiger partial charge in [-0.1, -0.05) is 12.5 Å². The summed E-state index contributed by atoms with van der Waals surface area (Å²) >= 11 is 2.73. The molecule has 1 saturated heterocycles. The van der Waals surface area contributed by atoms with Crippen LogP contribution in [0.15, 0.2) is 22.9 Å². The Labute approximate surface area is 161 Å². The van der Waals surface area contributed by atoms with Crippen LogP contribution in [0.25, 0.3) is 0 Å². The van der Waals surface area contributed by atoms with Crippen molar-refractivity contribution in [1.82, 2.24) is 15.2 Å². The van der Waals surface area contributed by atoms with Gasteiger partial charge in [0.25, 0.3) is 5.91 Å². The molecule has 1 fully saturated rings. The molecule has 2 N–H and O–H groups in total. The summed E-state index contributed by atoms with van der Waals surface area (Å²) in [6.45, 7) is 4.12. The van der Waals surface area contributed by atoms with Crippen LogP contribution < -0.4 is 10.6 Å². The molecule has 0 spiro atoms. The summed E-state index contributed by atoms with van der Waals surface area (Å²) in [5, 5.41) is 9.92. The number of nitrogens with zero attached hydrogens (tertiary/aromatic N) is 2. The van der Waals surface area contributed by atoms with Crippen molar-refractivity contribution in [3.8, 4) is 0 Å². The van der Waals surface area contributed by atoms with Gasteiger partial charge in [0.05, 0.1) is 17.0 Å². The molecule has 1 aliphatic rings. The van der Waals surface area contributed by atoms with Gasteiger partial charge >= 0.3 is 0 Å². The molecule has 2 aromatic rings. The van der Waals surface area contributed by atoms with Crippen molar-refractivity contribution >= 4 is 39.6 Å². The summed E-state index contributed by atoms with van der Waals surface area (Å²) in [6, 6.07) is 3.61. The first-order chi connectivity index (χ1) is 12.7. The first kappa shape index (κ1) is 19.0. The smallest absolute Gasteiger partial charge is 0.267 e. The summed E-state index contributed by atoms with van der Waals surface area (Å²) in [5.41, 5.74) is 0.685. The average Bonchev–Trinajstić information content (AvgIpc) is 3.32. The molecule has 0 aliphatic carbocycles. The number of hydrogen-bond donors (Lipinski definition) is 2. The van der Waals surface area contributed by atoms with E-state index in [0.29, 0.717) is 22.2 Å². The SMILES string of the molecule is O=C(Cc1csc(NC(=O)c2cccs2)n1)NCCCN1CCCCC1. The van der Waals surface area contributed by atoms with Crippen molar-refractivity contribution in [3.05, 3.63) is 33.5 Å². The van der Waals surface area contributed by atoms with Gasteiger partial charge in [0.1, 0.15) is 0 Å². The molecule has 140 valence electrons. The van der Waals surface area contributed by atoms with Gasteiger partial charge in [-0.15, -0.1) is 22.7 Å². The van der Waals surface area contributed by atoms with E-state index in [1.54, 1.807) is 6.07 Å². The lowest BCUT2D eigenvalue weighted by molar-refractivity contribution is -0.120. The Bertz CT molecular complexity index is 709. The third kappa shape index (κ3) is 5.89. The molecular formula is C18H24N4O2S2. The normalized spacial score (nSPS) is 14.9. The number of amides is 2. The van der Waals surface area contributed by atoms with Crippen molar-refractivity contribution in [3.63, 3.8) is 0 Å². The lowest BCUT2D eigenvalue weighted by atomic mass is 10.1. The number of carbonyl (C=O) groups is 2. The number of carbonyl (C=O) groups excluding carboxylic acids is 2. The molecule has 3 rings (SSSR count). The molecule has 0 saturated carbocycles. The fourth-order valence-electron chi connectivity index (χ4n) is 2.95. The van der Waals surface area contributed by atoms with Gasteiger partial charge in [0, 0.05) is 11.9 Å². The molecule has 0 radical (unpaired) electrons. The summed E-state index contributed by atoms with van der Waals surface area (Å²) in [7, 11) is 0. The van der Waals surface area contributed by atoms with Gasteiger partial charge in [-0.2, -0.15) is 0 Å². The zero-order chi connectivity index (χ0) is 18.2. The van der Waals surface area contributed by atoms with Gasteiger partial charge in [-0.3, -0.25) is 14.9 Å². The first-order valence-electron chi connectivity index (χ1n) is 8.99. The van der Waals surface area contributed by atoms with Crippen molar-refractivity contribution in [1.29, 1.82) is 0 Å². The second-order valence-corrected chi connectivity index (χ2v) is 8.16. The molecule has 0 atom stereocenters. The molecule has 8 heteroatoms. The maximum Gasteiger partial charge on any atom is 0.267 e. The molecule has 6 nitrogen and oxygen atoms in total. The highest BCUT2D eigenvalue weighted by Crippen LogP contribution is 2.18. The van der Waals surface area contributed by atoms with Crippen molar-refractivity contribution in [2.24, 2.45) is 0 Å². The maximum absolute atomic E-state index is 12.0. The highest BCUT2D eigenvalue weighted by molar-refractivity contribution is 7.14. The monoisotopic (exact) mass is 392 g/mol. The molecule has 3 heterocycles. The number of piperidine rings is 1. The number of aromatic nitrogens is 1. The minimum Gasteiger partial charge on any atom is -0.356 e. The largest absolute Gasteiger partial charge is 0.356 e. The maximum atomic E-state index is 12.0. The first-order valence-corrected chi connectivity index (χ1v) is 10.7. The standard InChI is InChI=1S/C18H24N4O2S2/c23-16(19-7-5-10-22-8-2-1-3-9-22)12-14-13-26-18(20-14)21-17(24)15-6-4-11-25-15/h4,6,11,13H,1-3,5,7-10,12H2,(H,19,23)(H,20,21,24). The predicted octanol–water partition coefficient (Wildman–Crippen LogP) is 2.99. The highest BCUT2D eigenvalue weighted by atomic mass is 32.1. The van der Waals surface area contributed by atoms with Crippen LogP contribution in [0.5, 0.6) is 0 Å². The Morgan fingerprint density at radius 1 is 1.19 bits per heavy atom. The molecule has 2 aromatic heterocycles. The summed E-state index contributed by atoms with van der Waals surface area (Å²) in [4.78, 5) is 31.5. The van der Waals surface area contributed by atoms with E-state index in [9.17, 15) is 9.59 Å². The van der Waals surface area contributed by atoms with Crippen LogP contribution in [0.2, 0.25) is 0 Å². The molecular weight excluding hydrogens is 368 g/mol. The van der Waals surface area contributed by atoms with Gasteiger partial charge in [-0.05, 0) is 50.3 Å². The minimum atomic E-state index is -0.164. The van der Waals surface area contributed by atoms with Crippen LogP contribution in [0.1, 0.15) is 41.0 Å². The number of nitrogens with one attached hydrogen (secondary N) is 2. The lowest BCUT2D eigenvalue weighted by Crippen LogP contribution is -2.33. The Hall–Kier alpha value is -1.77. The summed E-state index contributed by atoms with van der Waals surface area (Å²) < 4.78 is 0. The molecule has 1 aliphatic heterocycles. The van der Waals surface area contributed by atoms with E-state index in [1.807, 2.05) is 16.8 Å². The van der Waals surface area contributed by atoms with Gasteiger partial charge < -0.3 is 10.2 Å². The van der Waals surface area contributed by atoms with Gasteiger partial charge in [0.2, 0.25) is 5.91 Å². The van der Waals surface area contributed by atoms with Gasteiger partial charge in [-0.25, -0.2) is 4.98 Å². The minimum absolute atomic E-state index is 0.0231. The number of thiophene rings is 1. The fourth-order valence-corrected chi connectivity index (χ4v) is 4.28. The second kappa shape index (κ2) is 9.80. The lowest BCUT2D eigenvalue weighted by Gasteiger charge is -2.26. The van der Waals surface area contributed by atoms with E-state index >= 15 is 0 Å². The van der Waals surface area contributed by atoms with E-state index in [0.717, 1.165) is 13.0 Å². The van der Waals surface area contributed by atoms with Crippen LogP contribution in [0.3, 0.4) is 0 Å². The number of hydrogen-bond acceptors (Lipinski definition) is 6. The molecule has 26 heavy (non-hydrogen) atoms. The number of likely N-dealkylation sites (tertiary alicyclic amines) is 1. The topological polar surface area (TPSA) is 74.3 Å². The van der Waals surface area contributed by atoms with Crippen molar-refractivity contribution in [2.75, 3.05) is 31.5 Å². The molecule has 0 bridgehead atoms. The van der Waals surface area contributed by atoms with Crippen molar-refractivity contribution < 1.29 is 9.59 Å². The Balaban J connectivity index is 1.35. The summed E-state index contributed by atoms with van der Waals surface area (Å²) in [5.74, 6) is -0.187. The highest BCUT2D eigenvalue weighted by Gasteiger charge is 2.12. The van der Waals surface area contributed by atoms with E-state index < -0.39 is 0 Å². The fraction of sp³-hybridized carbons (Fsp3) is 0.500. The molecule has 0 aromatic carbocycles. The zero-order valence-corrected chi connectivity index (χ0v) is 16.3. The van der Waals surface area contributed by atoms with Crippen LogP contribution in [-0.2, 0) is 11.2 Å². The second-order valence-electron chi connectivity index (χ2n) is 6.36. The van der Waals surface area contributed by atoms with Crippen LogP contribution in [0.4, 0.5) is 5.13 Å². The summed E-state index contributed by atoms with van der Waals surface area (Å²) in [6.07, 6.45) is 5.15. The third-order valence-electron chi connectivity index (χ3n) is 4.28. The average molecular weight is 393 g/mol. The van der Waals surface area contributed by atoms with Crippen molar-refractivity contribution in [2.45, 2.75) is 32.1 Å². The van der Waals surface area contributed by atoms with Crippen LogP contribution in [-0.4, -0.2) is 47.9 Å². The predicted molar refractivity (Wildman–Crippen MR) is 106 cm³/mol. The molecule has 2 amide bonds. The van der Waals surface area contributed by atoms with Gasteiger partial charge in [0.15, 0.2) is 5.13 Å². The van der Waals surface area contributed by atoms with E-state index in [1.165, 1.54) is 55.0 Å². The third-order valence-corrected chi connectivity index (χ3v) is 5.96. The molecule has 0 unspecified atom stereocenters. The number of anilines is 1. The Morgan fingerprint density at radius 2 is 2.04 bits per heavy atom. The number of rotatable bonds is 8.